The Morgan fingerprint density at radius 1 is 0.917 bits per heavy atom. The van der Waals surface area contributed by atoms with E-state index in [-0.39, 0.29) is 25.7 Å². The highest BCUT2D eigenvalue weighted by Crippen LogP contribution is 2.31. The Morgan fingerprint density at radius 3 is 1.33 bits per heavy atom. The molecular formula is C9H20O3. The first-order chi connectivity index (χ1) is 5.70. The maximum Gasteiger partial charge on any atom is 0.0534 e. The molecule has 74 valence electrons. The van der Waals surface area contributed by atoms with E-state index in [2.05, 4.69) is 0 Å². The maximum atomic E-state index is 9.09. The van der Waals surface area contributed by atoms with Crippen LogP contribution in [-0.2, 0) is 0 Å². The molecule has 0 atom stereocenters. The lowest BCUT2D eigenvalue weighted by Gasteiger charge is -2.35. The second-order valence-corrected chi connectivity index (χ2v) is 3.35. The van der Waals surface area contributed by atoms with Crippen LogP contribution in [0.3, 0.4) is 0 Å². The predicted octanol–water partition coefficient (Wildman–Crippen LogP) is 0.386. The van der Waals surface area contributed by atoms with Crippen molar-refractivity contribution in [1.29, 1.82) is 0 Å². The summed E-state index contributed by atoms with van der Waals surface area (Å²) in [5.74, 6) is 0.192. The molecule has 3 heteroatoms. The van der Waals surface area contributed by atoms with Crippen LogP contribution in [0, 0.1) is 11.3 Å². The fraction of sp³-hybridized carbons (Fsp3) is 1.00. The highest BCUT2D eigenvalue weighted by atomic mass is 16.3. The van der Waals surface area contributed by atoms with Gasteiger partial charge in [-0.05, 0) is 5.92 Å². The first-order valence-corrected chi connectivity index (χ1v) is 4.53. The molecule has 3 nitrogen and oxygen atoms in total. The summed E-state index contributed by atoms with van der Waals surface area (Å²) in [6, 6.07) is 0. The van der Waals surface area contributed by atoms with Crippen LogP contribution < -0.4 is 0 Å². The Hall–Kier alpha value is -0.120. The lowest BCUT2D eigenvalue weighted by Crippen LogP contribution is -2.41. The van der Waals surface area contributed by atoms with Gasteiger partial charge in [0.1, 0.15) is 0 Å². The number of aliphatic hydroxyl groups is 3. The van der Waals surface area contributed by atoms with Gasteiger partial charge in [0.15, 0.2) is 0 Å². The predicted molar refractivity (Wildman–Crippen MR) is 47.8 cm³/mol. The van der Waals surface area contributed by atoms with Gasteiger partial charge in [0.05, 0.1) is 19.8 Å². The van der Waals surface area contributed by atoms with Crippen molar-refractivity contribution in [3.63, 3.8) is 0 Å². The van der Waals surface area contributed by atoms with Crippen LogP contribution in [0.15, 0.2) is 0 Å². The fourth-order valence-corrected chi connectivity index (χ4v) is 1.69. The van der Waals surface area contributed by atoms with E-state index in [9.17, 15) is 0 Å². The fourth-order valence-electron chi connectivity index (χ4n) is 1.69. The quantitative estimate of drug-likeness (QED) is 0.548. The van der Waals surface area contributed by atoms with Gasteiger partial charge in [-0.2, -0.15) is 0 Å². The van der Waals surface area contributed by atoms with E-state index in [1.165, 1.54) is 0 Å². The number of hydrogen-bond acceptors (Lipinski definition) is 3. The van der Waals surface area contributed by atoms with Gasteiger partial charge in [-0.3, -0.25) is 0 Å². The third kappa shape index (κ3) is 2.19. The van der Waals surface area contributed by atoms with Crippen molar-refractivity contribution in [2.24, 2.45) is 11.3 Å². The van der Waals surface area contributed by atoms with Crippen molar-refractivity contribution >= 4 is 0 Å². The third-order valence-corrected chi connectivity index (χ3v) is 2.80. The summed E-state index contributed by atoms with van der Waals surface area (Å²) < 4.78 is 0. The van der Waals surface area contributed by atoms with E-state index in [1.807, 2.05) is 13.8 Å². The Bertz CT molecular complexity index is 98.1. The highest BCUT2D eigenvalue weighted by molar-refractivity contribution is 4.83. The van der Waals surface area contributed by atoms with Gasteiger partial charge in [-0.1, -0.05) is 26.7 Å². The minimum atomic E-state index is -0.691. The molecule has 0 aliphatic heterocycles. The first-order valence-electron chi connectivity index (χ1n) is 4.53. The molecule has 0 aliphatic rings. The summed E-state index contributed by atoms with van der Waals surface area (Å²) in [4.78, 5) is 0. The van der Waals surface area contributed by atoms with E-state index in [1.54, 1.807) is 0 Å². The molecule has 0 radical (unpaired) electrons. The van der Waals surface area contributed by atoms with Gasteiger partial charge in [-0.25, -0.2) is 0 Å². The smallest absolute Gasteiger partial charge is 0.0534 e. The molecule has 0 aliphatic carbocycles. The molecule has 0 spiro atoms. The summed E-state index contributed by atoms with van der Waals surface area (Å²) in [5, 5.41) is 27.3. The van der Waals surface area contributed by atoms with Gasteiger partial charge in [-0.15, -0.1) is 0 Å². The van der Waals surface area contributed by atoms with Crippen LogP contribution >= 0.6 is 0 Å². The van der Waals surface area contributed by atoms with E-state index in [4.69, 9.17) is 15.3 Å². The average Bonchev–Trinajstić information content (AvgIpc) is 2.14. The zero-order valence-corrected chi connectivity index (χ0v) is 7.95. The van der Waals surface area contributed by atoms with Crippen LogP contribution in [0.1, 0.15) is 26.7 Å². The van der Waals surface area contributed by atoms with E-state index in [0.717, 1.165) is 12.8 Å². The molecule has 0 aromatic carbocycles. The van der Waals surface area contributed by atoms with Crippen LogP contribution in [-0.4, -0.2) is 35.1 Å². The molecule has 0 fully saturated rings. The molecule has 0 aromatic heterocycles. The van der Waals surface area contributed by atoms with E-state index >= 15 is 0 Å². The van der Waals surface area contributed by atoms with Crippen molar-refractivity contribution in [2.45, 2.75) is 26.7 Å². The monoisotopic (exact) mass is 176 g/mol. The Kier molecular flexibility index (Phi) is 5.46. The van der Waals surface area contributed by atoms with Gasteiger partial charge >= 0.3 is 0 Å². The molecule has 0 aromatic rings. The topological polar surface area (TPSA) is 60.7 Å². The van der Waals surface area contributed by atoms with Crippen LogP contribution in [0.5, 0.6) is 0 Å². The second-order valence-electron chi connectivity index (χ2n) is 3.35. The largest absolute Gasteiger partial charge is 0.396 e. The molecule has 0 saturated carbocycles. The average molecular weight is 176 g/mol. The second kappa shape index (κ2) is 5.51. The number of rotatable bonds is 6. The SMILES string of the molecule is CCC(CC)C(CO)(CO)CO. The normalized spacial score (nSPS) is 12.5. The summed E-state index contributed by atoms with van der Waals surface area (Å²) in [6.07, 6.45) is 1.75. The maximum absolute atomic E-state index is 9.09. The van der Waals surface area contributed by atoms with Crippen LogP contribution in [0.25, 0.3) is 0 Å². The van der Waals surface area contributed by atoms with E-state index in [0.29, 0.717) is 0 Å². The summed E-state index contributed by atoms with van der Waals surface area (Å²) in [5.41, 5.74) is -0.691. The Labute approximate surface area is 74.0 Å². The molecule has 0 unspecified atom stereocenters. The van der Waals surface area contributed by atoms with Crippen molar-refractivity contribution < 1.29 is 15.3 Å². The summed E-state index contributed by atoms with van der Waals surface area (Å²) >= 11 is 0. The number of hydrogen-bond donors (Lipinski definition) is 3. The van der Waals surface area contributed by atoms with Gasteiger partial charge in [0.2, 0.25) is 0 Å². The zero-order chi connectivity index (χ0) is 9.61. The third-order valence-electron chi connectivity index (χ3n) is 2.80. The minimum Gasteiger partial charge on any atom is -0.396 e. The van der Waals surface area contributed by atoms with Gasteiger partial charge in [0.25, 0.3) is 0 Å². The van der Waals surface area contributed by atoms with Gasteiger partial charge < -0.3 is 15.3 Å². The Balaban J connectivity index is 4.42. The molecule has 0 bridgehead atoms. The lowest BCUT2D eigenvalue weighted by atomic mass is 9.74. The number of aliphatic hydroxyl groups excluding tert-OH is 3. The summed E-state index contributed by atoms with van der Waals surface area (Å²) in [7, 11) is 0. The Morgan fingerprint density at radius 2 is 1.25 bits per heavy atom. The molecular weight excluding hydrogens is 156 g/mol. The highest BCUT2D eigenvalue weighted by Gasteiger charge is 2.35. The first kappa shape index (κ1) is 11.9. The van der Waals surface area contributed by atoms with Crippen molar-refractivity contribution in [3.05, 3.63) is 0 Å². The van der Waals surface area contributed by atoms with Crippen molar-refractivity contribution in [2.75, 3.05) is 19.8 Å². The minimum absolute atomic E-state index is 0.146. The lowest BCUT2D eigenvalue weighted by molar-refractivity contribution is -0.0411. The van der Waals surface area contributed by atoms with Crippen LogP contribution in [0.4, 0.5) is 0 Å². The molecule has 0 rings (SSSR count). The molecule has 12 heavy (non-hydrogen) atoms. The van der Waals surface area contributed by atoms with Crippen LogP contribution in [0.2, 0.25) is 0 Å². The standard InChI is InChI=1S/C9H20O3/c1-3-8(4-2)9(5-10,6-11)7-12/h8,10-12H,3-7H2,1-2H3. The molecule has 3 N–H and O–H groups in total. The molecule has 0 heterocycles. The van der Waals surface area contributed by atoms with Crippen molar-refractivity contribution in [1.82, 2.24) is 0 Å². The molecule has 0 saturated heterocycles. The summed E-state index contributed by atoms with van der Waals surface area (Å²) in [6.45, 7) is 3.57. The van der Waals surface area contributed by atoms with E-state index < -0.39 is 5.41 Å². The zero-order valence-electron chi connectivity index (χ0n) is 7.95. The van der Waals surface area contributed by atoms with Gasteiger partial charge in [0, 0.05) is 5.41 Å². The van der Waals surface area contributed by atoms with Crippen molar-refractivity contribution in [3.8, 4) is 0 Å². The molecule has 0 amide bonds.